The highest BCUT2D eigenvalue weighted by atomic mass is 16.5. The van der Waals surface area contributed by atoms with E-state index in [-0.39, 0.29) is 23.3 Å². The van der Waals surface area contributed by atoms with Gasteiger partial charge in [0.15, 0.2) is 0 Å². The Hall–Kier alpha value is -2.57. The molecule has 0 aliphatic heterocycles. The standard InChI is InChI=1S/C26H37N3O3/c1-25(2,3)17-26(4,5)27-15-18-8-11-20(12-9-18)32-16-23(30)19-10-13-21-22(14-19)29(7)24(31)28(21)6/h8-14,23,27,30H,15-17H2,1-7H3. The molecule has 1 atom stereocenters. The van der Waals surface area contributed by atoms with Gasteiger partial charge >= 0.3 is 5.69 Å². The fourth-order valence-corrected chi connectivity index (χ4v) is 4.44. The molecule has 0 aliphatic rings. The second-order valence-electron chi connectivity index (χ2n) is 10.6. The molecule has 32 heavy (non-hydrogen) atoms. The smallest absolute Gasteiger partial charge is 0.328 e. The fourth-order valence-electron chi connectivity index (χ4n) is 4.44. The minimum Gasteiger partial charge on any atom is -0.491 e. The normalized spacial score (nSPS) is 13.5. The van der Waals surface area contributed by atoms with Crippen LogP contribution in [-0.2, 0) is 20.6 Å². The number of benzene rings is 2. The van der Waals surface area contributed by atoms with Crippen molar-refractivity contribution in [2.24, 2.45) is 19.5 Å². The Morgan fingerprint density at radius 3 is 2.22 bits per heavy atom. The second kappa shape index (κ2) is 9.12. The summed E-state index contributed by atoms with van der Waals surface area (Å²) in [6.07, 6.45) is 0.302. The Morgan fingerprint density at radius 2 is 1.59 bits per heavy atom. The number of imidazole rings is 1. The van der Waals surface area contributed by atoms with Gasteiger partial charge in [-0.3, -0.25) is 9.13 Å². The van der Waals surface area contributed by atoms with Gasteiger partial charge in [-0.2, -0.15) is 0 Å². The lowest BCUT2D eigenvalue weighted by molar-refractivity contribution is 0.108. The molecule has 6 heteroatoms. The fraction of sp³-hybridized carbons (Fsp3) is 0.500. The van der Waals surface area contributed by atoms with Gasteiger partial charge in [-0.25, -0.2) is 4.79 Å². The Balaban J connectivity index is 1.57. The number of nitrogens with one attached hydrogen (secondary N) is 1. The molecule has 174 valence electrons. The maximum Gasteiger partial charge on any atom is 0.328 e. The predicted molar refractivity (Wildman–Crippen MR) is 130 cm³/mol. The maximum absolute atomic E-state index is 12.1. The summed E-state index contributed by atoms with van der Waals surface area (Å²) in [6, 6.07) is 13.5. The highest BCUT2D eigenvalue weighted by molar-refractivity contribution is 5.76. The molecule has 0 saturated carbocycles. The predicted octanol–water partition coefficient (Wildman–Crippen LogP) is 4.29. The second-order valence-corrected chi connectivity index (χ2v) is 10.6. The van der Waals surface area contributed by atoms with Crippen LogP contribution >= 0.6 is 0 Å². The van der Waals surface area contributed by atoms with Crippen molar-refractivity contribution < 1.29 is 9.84 Å². The first kappa shape index (κ1) is 24.1. The Bertz CT molecular complexity index is 1120. The van der Waals surface area contributed by atoms with Gasteiger partial charge in [0.05, 0.1) is 11.0 Å². The number of hydrogen-bond donors (Lipinski definition) is 2. The zero-order chi connectivity index (χ0) is 23.7. The molecule has 6 nitrogen and oxygen atoms in total. The number of fused-ring (bicyclic) bond motifs is 1. The van der Waals surface area contributed by atoms with Crippen molar-refractivity contribution in [1.29, 1.82) is 0 Å². The van der Waals surface area contributed by atoms with Gasteiger partial charge in [0.1, 0.15) is 18.5 Å². The largest absolute Gasteiger partial charge is 0.491 e. The highest BCUT2D eigenvalue weighted by Crippen LogP contribution is 2.27. The Kier molecular flexibility index (Phi) is 6.86. The van der Waals surface area contributed by atoms with Crippen LogP contribution < -0.4 is 15.7 Å². The van der Waals surface area contributed by atoms with E-state index in [0.717, 1.165) is 35.3 Å². The summed E-state index contributed by atoms with van der Waals surface area (Å²) >= 11 is 0. The number of rotatable bonds is 8. The molecule has 1 aromatic heterocycles. The highest BCUT2D eigenvalue weighted by Gasteiger charge is 2.24. The summed E-state index contributed by atoms with van der Waals surface area (Å²) in [5.74, 6) is 0.718. The molecule has 3 aromatic rings. The third kappa shape index (κ3) is 5.81. The van der Waals surface area contributed by atoms with Crippen LogP contribution in [0.4, 0.5) is 0 Å². The molecule has 0 amide bonds. The topological polar surface area (TPSA) is 68.4 Å². The molecule has 0 saturated heterocycles. The summed E-state index contributed by atoms with van der Waals surface area (Å²) in [7, 11) is 3.48. The van der Waals surface area contributed by atoms with E-state index in [1.807, 2.05) is 42.5 Å². The van der Waals surface area contributed by atoms with Crippen molar-refractivity contribution in [1.82, 2.24) is 14.5 Å². The SMILES string of the molecule is Cn1c(=O)n(C)c2cc(C(O)COc3ccc(CNC(C)(C)CC(C)(C)C)cc3)ccc21. The van der Waals surface area contributed by atoms with Crippen LogP contribution in [0.2, 0.25) is 0 Å². The van der Waals surface area contributed by atoms with Gasteiger partial charge in [-0.1, -0.05) is 39.0 Å². The minimum atomic E-state index is -0.783. The molecular formula is C26H37N3O3. The third-order valence-electron chi connectivity index (χ3n) is 5.76. The minimum absolute atomic E-state index is 0.0564. The average molecular weight is 440 g/mol. The number of aryl methyl sites for hydroxylation is 2. The molecule has 0 radical (unpaired) electrons. The third-order valence-corrected chi connectivity index (χ3v) is 5.76. The van der Waals surface area contributed by atoms with Gasteiger partial charge in [0, 0.05) is 26.2 Å². The van der Waals surface area contributed by atoms with Crippen molar-refractivity contribution in [2.45, 2.75) is 59.2 Å². The summed E-state index contributed by atoms with van der Waals surface area (Å²) in [6.45, 7) is 12.2. The summed E-state index contributed by atoms with van der Waals surface area (Å²) in [5.41, 5.74) is 3.79. The zero-order valence-corrected chi connectivity index (χ0v) is 20.4. The molecule has 0 spiro atoms. The Labute approximate surface area is 190 Å². The van der Waals surface area contributed by atoms with Crippen LogP contribution in [0, 0.1) is 5.41 Å². The lowest BCUT2D eigenvalue weighted by Gasteiger charge is -2.33. The van der Waals surface area contributed by atoms with Crippen LogP contribution in [0.3, 0.4) is 0 Å². The van der Waals surface area contributed by atoms with Crippen molar-refractivity contribution in [3.8, 4) is 5.75 Å². The molecule has 0 bridgehead atoms. The lowest BCUT2D eigenvalue weighted by atomic mass is 9.82. The molecule has 2 N–H and O–H groups in total. The summed E-state index contributed by atoms with van der Waals surface area (Å²) in [4.78, 5) is 12.1. The van der Waals surface area contributed by atoms with E-state index in [2.05, 4.69) is 39.9 Å². The molecule has 0 fully saturated rings. The van der Waals surface area contributed by atoms with Crippen molar-refractivity contribution >= 4 is 11.0 Å². The van der Waals surface area contributed by atoms with E-state index < -0.39 is 6.10 Å². The van der Waals surface area contributed by atoms with Crippen molar-refractivity contribution in [2.75, 3.05) is 6.61 Å². The lowest BCUT2D eigenvalue weighted by Crippen LogP contribution is -2.41. The first-order valence-corrected chi connectivity index (χ1v) is 11.2. The van der Waals surface area contributed by atoms with E-state index in [4.69, 9.17) is 4.74 Å². The van der Waals surface area contributed by atoms with Crippen molar-refractivity contribution in [3.05, 3.63) is 64.1 Å². The molecule has 2 aromatic carbocycles. The van der Waals surface area contributed by atoms with Crippen LogP contribution in [0.15, 0.2) is 47.3 Å². The number of aliphatic hydroxyl groups is 1. The Morgan fingerprint density at radius 1 is 0.969 bits per heavy atom. The summed E-state index contributed by atoms with van der Waals surface area (Å²) < 4.78 is 9.00. The molecule has 1 unspecified atom stereocenters. The van der Waals surface area contributed by atoms with Gasteiger partial charge in [-0.05, 0) is 61.1 Å². The van der Waals surface area contributed by atoms with Crippen LogP contribution in [0.25, 0.3) is 11.0 Å². The average Bonchev–Trinajstić information content (AvgIpc) is 2.93. The maximum atomic E-state index is 12.1. The van der Waals surface area contributed by atoms with E-state index in [0.29, 0.717) is 0 Å². The van der Waals surface area contributed by atoms with E-state index in [1.165, 1.54) is 5.56 Å². The van der Waals surface area contributed by atoms with Crippen LogP contribution in [0.1, 0.15) is 58.3 Å². The number of nitrogens with zero attached hydrogens (tertiary/aromatic N) is 2. The number of aliphatic hydroxyl groups excluding tert-OH is 1. The van der Waals surface area contributed by atoms with Crippen LogP contribution in [-0.4, -0.2) is 26.4 Å². The van der Waals surface area contributed by atoms with Gasteiger partial charge < -0.3 is 15.2 Å². The molecule has 1 heterocycles. The molecule has 0 aliphatic carbocycles. The number of ether oxygens (including phenoxy) is 1. The van der Waals surface area contributed by atoms with Crippen LogP contribution in [0.5, 0.6) is 5.75 Å². The monoisotopic (exact) mass is 439 g/mol. The van der Waals surface area contributed by atoms with Gasteiger partial charge in [0.2, 0.25) is 0 Å². The number of hydrogen-bond acceptors (Lipinski definition) is 4. The van der Waals surface area contributed by atoms with Crippen molar-refractivity contribution in [3.63, 3.8) is 0 Å². The van der Waals surface area contributed by atoms with E-state index >= 15 is 0 Å². The quantitative estimate of drug-likeness (QED) is 0.549. The first-order chi connectivity index (χ1) is 14.9. The molecular weight excluding hydrogens is 402 g/mol. The zero-order valence-electron chi connectivity index (χ0n) is 20.4. The van der Waals surface area contributed by atoms with Gasteiger partial charge in [0.25, 0.3) is 0 Å². The van der Waals surface area contributed by atoms with E-state index in [1.54, 1.807) is 23.2 Å². The van der Waals surface area contributed by atoms with E-state index in [9.17, 15) is 9.90 Å². The van der Waals surface area contributed by atoms with Gasteiger partial charge in [-0.15, -0.1) is 0 Å². The molecule has 3 rings (SSSR count). The first-order valence-electron chi connectivity index (χ1n) is 11.2. The summed E-state index contributed by atoms with van der Waals surface area (Å²) in [5, 5.41) is 14.2. The number of aromatic nitrogens is 2.